The summed E-state index contributed by atoms with van der Waals surface area (Å²) < 4.78 is 48.6. The van der Waals surface area contributed by atoms with Crippen LogP contribution in [0.15, 0.2) is 0 Å². The summed E-state index contributed by atoms with van der Waals surface area (Å²) in [5.74, 6) is -1.68. The predicted molar refractivity (Wildman–Crippen MR) is 44.4 cm³/mol. The fourth-order valence-electron chi connectivity index (χ4n) is 0.463. The molecule has 0 saturated carbocycles. The zero-order chi connectivity index (χ0) is 10.9. The fraction of sp³-hybridized carbons (Fsp3) is 0.800. The van der Waals surface area contributed by atoms with Gasteiger partial charge in [-0.15, -0.1) is 3.89 Å². The van der Waals surface area contributed by atoms with Crippen molar-refractivity contribution >= 4 is 24.5 Å². The number of rotatable bonds is 3. The molecule has 78 valence electrons. The number of hydrogen-bond donors (Lipinski definition) is 0. The van der Waals surface area contributed by atoms with E-state index in [1.54, 1.807) is 19.6 Å². The lowest BCUT2D eigenvalue weighted by molar-refractivity contribution is -0.137. The number of carbonyl (C=O) groups excluding carboxylic acids is 1. The Morgan fingerprint density at radius 1 is 1.38 bits per heavy atom. The van der Waals surface area contributed by atoms with E-state index >= 15 is 0 Å². The van der Waals surface area contributed by atoms with Crippen LogP contribution in [-0.2, 0) is 19.4 Å². The second kappa shape index (κ2) is 3.70. The van der Waals surface area contributed by atoms with Crippen molar-refractivity contribution < 1.29 is 25.9 Å². The highest BCUT2D eigenvalue weighted by Gasteiger charge is 2.36. The Bertz CT molecular complexity index is 294. The molecule has 0 saturated heterocycles. The summed E-state index contributed by atoms with van der Waals surface area (Å²) in [6, 6.07) is 0. The molecule has 1 atom stereocenters. The van der Waals surface area contributed by atoms with E-state index in [0.717, 1.165) is 0 Å². The summed E-state index contributed by atoms with van der Waals surface area (Å²) in [5.41, 5.74) is -3.22. The zero-order valence-corrected chi connectivity index (χ0v) is 9.19. The fourth-order valence-corrected chi connectivity index (χ4v) is 1.53. The molecular weight excluding hydrogens is 222 g/mol. The van der Waals surface area contributed by atoms with E-state index < -0.39 is 30.0 Å². The van der Waals surface area contributed by atoms with Gasteiger partial charge in [0.1, 0.15) is 0 Å². The van der Waals surface area contributed by atoms with E-state index in [0.29, 0.717) is 0 Å². The first kappa shape index (κ1) is 12.5. The molecule has 0 aromatic carbocycles. The zero-order valence-electron chi connectivity index (χ0n) is 7.37. The third kappa shape index (κ3) is 4.93. The van der Waals surface area contributed by atoms with Crippen molar-refractivity contribution in [2.75, 3.05) is 0 Å². The van der Waals surface area contributed by atoms with E-state index in [-0.39, 0.29) is 0 Å². The summed E-state index contributed by atoms with van der Waals surface area (Å²) >= 11 is 0. The summed E-state index contributed by atoms with van der Waals surface area (Å²) in [6.45, 7) is 4.63. The van der Waals surface area contributed by atoms with Crippen LogP contribution in [0.4, 0.5) is 8.28 Å². The van der Waals surface area contributed by atoms with E-state index in [9.17, 15) is 21.5 Å². The van der Waals surface area contributed by atoms with Crippen LogP contribution in [-0.4, -0.2) is 28.2 Å². The van der Waals surface area contributed by atoms with E-state index in [1.165, 1.54) is 0 Å². The minimum absolute atomic E-state index is 1.54. The SMILES string of the molecule is C[Si](C)(C)OC(=O)C(F)S(=O)(=O)F. The molecule has 0 amide bonds. The maximum absolute atomic E-state index is 12.4. The molecule has 4 nitrogen and oxygen atoms in total. The Balaban J connectivity index is 4.48. The first-order chi connectivity index (χ1) is 5.54. The second-order valence-corrected chi connectivity index (χ2v) is 9.12. The van der Waals surface area contributed by atoms with Gasteiger partial charge in [-0.3, -0.25) is 0 Å². The van der Waals surface area contributed by atoms with Crippen molar-refractivity contribution in [1.82, 2.24) is 0 Å². The van der Waals surface area contributed by atoms with E-state index in [2.05, 4.69) is 4.43 Å². The monoisotopic (exact) mass is 232 g/mol. The molecule has 1 unspecified atom stereocenters. The molecule has 0 N–H and O–H groups in total. The van der Waals surface area contributed by atoms with Gasteiger partial charge in [0.05, 0.1) is 0 Å². The van der Waals surface area contributed by atoms with Gasteiger partial charge in [-0.1, -0.05) is 0 Å². The number of alkyl halides is 1. The van der Waals surface area contributed by atoms with Crippen LogP contribution < -0.4 is 0 Å². The predicted octanol–water partition coefficient (Wildman–Crippen LogP) is 0.959. The van der Waals surface area contributed by atoms with Crippen LogP contribution in [0.2, 0.25) is 19.6 Å². The average molecular weight is 232 g/mol. The van der Waals surface area contributed by atoms with Crippen LogP contribution >= 0.6 is 0 Å². The van der Waals surface area contributed by atoms with E-state index in [1.807, 2.05) is 0 Å². The summed E-state index contributed by atoms with van der Waals surface area (Å²) in [5, 5.41) is 0. The molecule has 0 bridgehead atoms. The van der Waals surface area contributed by atoms with Gasteiger partial charge in [0.15, 0.2) is 0 Å². The van der Waals surface area contributed by atoms with Crippen LogP contribution in [0, 0.1) is 0 Å². The summed E-state index contributed by atoms with van der Waals surface area (Å²) in [7, 11) is -7.88. The lowest BCUT2D eigenvalue weighted by Gasteiger charge is -2.17. The van der Waals surface area contributed by atoms with Gasteiger partial charge in [0.25, 0.3) is 0 Å². The molecule has 0 aromatic rings. The quantitative estimate of drug-likeness (QED) is 0.537. The van der Waals surface area contributed by atoms with Crippen molar-refractivity contribution in [3.8, 4) is 0 Å². The summed E-state index contributed by atoms with van der Waals surface area (Å²) in [4.78, 5) is 10.6. The Kier molecular flexibility index (Phi) is 3.56. The van der Waals surface area contributed by atoms with Crippen molar-refractivity contribution in [1.29, 1.82) is 0 Å². The van der Waals surface area contributed by atoms with Crippen LogP contribution in [0.5, 0.6) is 0 Å². The molecule has 8 heteroatoms. The average Bonchev–Trinajstić information content (AvgIpc) is 1.79. The second-order valence-electron chi connectivity index (χ2n) is 3.33. The third-order valence-corrected chi connectivity index (χ3v) is 2.34. The highest BCUT2D eigenvalue weighted by Crippen LogP contribution is 2.11. The molecule has 0 aliphatic heterocycles. The van der Waals surface area contributed by atoms with Crippen LogP contribution in [0.3, 0.4) is 0 Å². The van der Waals surface area contributed by atoms with Gasteiger partial charge in [-0.25, -0.2) is 9.18 Å². The molecular formula is C5H10F2O4SSi. The molecule has 0 aromatic heterocycles. The molecule has 0 heterocycles. The van der Waals surface area contributed by atoms with Gasteiger partial charge < -0.3 is 4.43 Å². The molecule has 13 heavy (non-hydrogen) atoms. The molecule has 0 fully saturated rings. The summed E-state index contributed by atoms with van der Waals surface area (Å²) in [6.07, 6.45) is 0. The first-order valence-corrected chi connectivity index (χ1v) is 8.20. The maximum atomic E-state index is 12.4. The lowest BCUT2D eigenvalue weighted by Crippen LogP contribution is -2.35. The van der Waals surface area contributed by atoms with Crippen LogP contribution in [0.1, 0.15) is 0 Å². The first-order valence-electron chi connectivity index (χ1n) is 3.34. The topological polar surface area (TPSA) is 60.4 Å². The molecule has 0 radical (unpaired) electrons. The van der Waals surface area contributed by atoms with Gasteiger partial charge in [0, 0.05) is 0 Å². The largest absolute Gasteiger partial charge is 0.517 e. The van der Waals surface area contributed by atoms with Gasteiger partial charge in [0.2, 0.25) is 8.32 Å². The Morgan fingerprint density at radius 2 is 1.77 bits per heavy atom. The number of halogens is 2. The van der Waals surface area contributed by atoms with Crippen LogP contribution in [0.25, 0.3) is 0 Å². The Morgan fingerprint density at radius 3 is 2.00 bits per heavy atom. The maximum Gasteiger partial charge on any atom is 0.346 e. The van der Waals surface area contributed by atoms with Crippen molar-refractivity contribution in [2.45, 2.75) is 25.1 Å². The Labute approximate surface area is 76.2 Å². The number of hydrogen-bond acceptors (Lipinski definition) is 4. The van der Waals surface area contributed by atoms with Crippen molar-refractivity contribution in [2.24, 2.45) is 0 Å². The molecule has 0 rings (SSSR count). The minimum Gasteiger partial charge on any atom is -0.517 e. The Hall–Kier alpha value is -0.503. The van der Waals surface area contributed by atoms with E-state index in [4.69, 9.17) is 0 Å². The lowest BCUT2D eigenvalue weighted by atomic mass is 10.8. The highest BCUT2D eigenvalue weighted by molar-refractivity contribution is 7.87. The highest BCUT2D eigenvalue weighted by atomic mass is 32.3. The van der Waals surface area contributed by atoms with Gasteiger partial charge in [-0.2, -0.15) is 8.42 Å². The minimum atomic E-state index is -5.49. The third-order valence-electron chi connectivity index (χ3n) is 0.839. The number of carbonyl (C=O) groups is 1. The molecule has 0 spiro atoms. The van der Waals surface area contributed by atoms with Gasteiger partial charge in [-0.05, 0) is 19.6 Å². The normalized spacial score (nSPS) is 15.2. The standard InChI is InChI=1S/C5H10F2O4SSi/c1-13(2,3)11-5(8)4(6)12(7,9)10/h4H,1-3H3. The molecule has 0 aliphatic rings. The van der Waals surface area contributed by atoms with Crippen molar-refractivity contribution in [3.63, 3.8) is 0 Å². The smallest absolute Gasteiger partial charge is 0.346 e. The van der Waals surface area contributed by atoms with Gasteiger partial charge >= 0.3 is 21.7 Å². The molecule has 0 aliphatic carbocycles. The van der Waals surface area contributed by atoms with Crippen molar-refractivity contribution in [3.05, 3.63) is 0 Å².